The fourth-order valence-corrected chi connectivity index (χ4v) is 4.14. The SMILES string of the molecule is CCC(C)c1cnc(-c2ccc3cc(C#N)cnn23)cc1N[C@H]1C[C@H](CNC(=O)OC)C1. The van der Waals surface area contributed by atoms with Crippen LogP contribution in [0.3, 0.4) is 0 Å². The van der Waals surface area contributed by atoms with E-state index in [0.717, 1.165) is 41.9 Å². The van der Waals surface area contributed by atoms with E-state index in [1.165, 1.54) is 12.7 Å². The van der Waals surface area contributed by atoms with Crippen LogP contribution in [0.5, 0.6) is 0 Å². The maximum atomic E-state index is 11.3. The second-order valence-electron chi connectivity index (χ2n) is 8.43. The van der Waals surface area contributed by atoms with Crippen molar-refractivity contribution in [3.05, 3.63) is 47.8 Å². The van der Waals surface area contributed by atoms with Gasteiger partial charge in [-0.15, -0.1) is 0 Å². The van der Waals surface area contributed by atoms with Crippen molar-refractivity contribution in [1.29, 1.82) is 5.26 Å². The normalized spacial score (nSPS) is 18.4. The first kappa shape index (κ1) is 21.6. The van der Waals surface area contributed by atoms with Crippen LogP contribution < -0.4 is 10.6 Å². The fourth-order valence-electron chi connectivity index (χ4n) is 4.14. The Labute approximate surface area is 187 Å². The number of hydrogen-bond donors (Lipinski definition) is 2. The number of nitrogens with zero attached hydrogens (tertiary/aromatic N) is 4. The molecule has 3 aromatic heterocycles. The standard InChI is InChI=1S/C24H28N6O2/c1-4-15(2)20-14-26-22(23-6-5-19-9-17(11-25)13-28-30(19)23)10-21(20)29-18-7-16(8-18)12-27-24(31)32-3/h5-6,9-10,13-16,18H,4,7-8,12H2,1-3H3,(H,26,29)(H,27,31)/t15?,16-,18-. The number of aromatic nitrogens is 3. The Morgan fingerprint density at radius 3 is 2.88 bits per heavy atom. The van der Waals surface area contributed by atoms with E-state index in [2.05, 4.69) is 46.5 Å². The number of fused-ring (bicyclic) bond motifs is 1. The largest absolute Gasteiger partial charge is 0.453 e. The highest BCUT2D eigenvalue weighted by Crippen LogP contribution is 2.35. The first-order chi connectivity index (χ1) is 15.5. The van der Waals surface area contributed by atoms with Gasteiger partial charge in [-0.1, -0.05) is 13.8 Å². The van der Waals surface area contributed by atoms with Gasteiger partial charge in [0.25, 0.3) is 0 Å². The van der Waals surface area contributed by atoms with E-state index < -0.39 is 0 Å². The highest BCUT2D eigenvalue weighted by molar-refractivity contribution is 5.69. The summed E-state index contributed by atoms with van der Waals surface area (Å²) in [5, 5.41) is 20.0. The molecule has 0 aromatic carbocycles. The molecule has 1 amide bonds. The van der Waals surface area contributed by atoms with Crippen LogP contribution in [0.15, 0.2) is 36.7 Å². The molecule has 0 spiro atoms. The van der Waals surface area contributed by atoms with Crippen LogP contribution >= 0.6 is 0 Å². The summed E-state index contributed by atoms with van der Waals surface area (Å²) in [5.41, 5.74) is 5.41. The molecule has 0 bridgehead atoms. The Balaban J connectivity index is 1.55. The highest BCUT2D eigenvalue weighted by atomic mass is 16.5. The summed E-state index contributed by atoms with van der Waals surface area (Å²) in [7, 11) is 1.38. The summed E-state index contributed by atoms with van der Waals surface area (Å²) >= 11 is 0. The lowest BCUT2D eigenvalue weighted by molar-refractivity contribution is 0.164. The Hall–Kier alpha value is -3.60. The molecule has 8 heteroatoms. The van der Waals surface area contributed by atoms with Crippen molar-refractivity contribution < 1.29 is 9.53 Å². The minimum Gasteiger partial charge on any atom is -0.453 e. The van der Waals surface area contributed by atoms with Crippen molar-refractivity contribution in [1.82, 2.24) is 19.9 Å². The number of nitriles is 1. The molecule has 2 N–H and O–H groups in total. The van der Waals surface area contributed by atoms with Gasteiger partial charge in [0.2, 0.25) is 0 Å². The quantitative estimate of drug-likeness (QED) is 0.576. The number of anilines is 1. The number of carbonyl (C=O) groups is 1. The van der Waals surface area contributed by atoms with Crippen molar-refractivity contribution >= 4 is 17.3 Å². The number of nitrogens with one attached hydrogen (secondary N) is 2. The van der Waals surface area contributed by atoms with E-state index in [-0.39, 0.29) is 6.09 Å². The van der Waals surface area contributed by atoms with Crippen molar-refractivity contribution in [2.24, 2.45) is 5.92 Å². The van der Waals surface area contributed by atoms with Crippen LogP contribution in [0.4, 0.5) is 10.5 Å². The van der Waals surface area contributed by atoms with E-state index in [9.17, 15) is 4.79 Å². The van der Waals surface area contributed by atoms with Gasteiger partial charge in [-0.2, -0.15) is 10.4 Å². The van der Waals surface area contributed by atoms with E-state index in [4.69, 9.17) is 10.2 Å². The van der Waals surface area contributed by atoms with Crippen LogP contribution in [-0.4, -0.2) is 40.4 Å². The summed E-state index contributed by atoms with van der Waals surface area (Å²) < 4.78 is 6.46. The molecular weight excluding hydrogens is 404 g/mol. The molecule has 1 unspecified atom stereocenters. The predicted octanol–water partition coefficient (Wildman–Crippen LogP) is 4.33. The average Bonchev–Trinajstić information content (AvgIpc) is 3.22. The lowest BCUT2D eigenvalue weighted by Gasteiger charge is -2.37. The smallest absolute Gasteiger partial charge is 0.406 e. The lowest BCUT2D eigenvalue weighted by Crippen LogP contribution is -2.42. The number of hydrogen-bond acceptors (Lipinski definition) is 6. The molecule has 166 valence electrons. The van der Waals surface area contributed by atoms with Crippen LogP contribution in [0.2, 0.25) is 0 Å². The maximum Gasteiger partial charge on any atom is 0.406 e. The molecule has 1 aliphatic rings. The van der Waals surface area contributed by atoms with Crippen molar-refractivity contribution in [3.63, 3.8) is 0 Å². The molecule has 8 nitrogen and oxygen atoms in total. The summed E-state index contributed by atoms with van der Waals surface area (Å²) in [6.07, 6.45) is 6.17. The van der Waals surface area contributed by atoms with Gasteiger partial charge in [-0.25, -0.2) is 9.31 Å². The van der Waals surface area contributed by atoms with Gasteiger partial charge in [-0.3, -0.25) is 4.98 Å². The fraction of sp³-hybridized carbons (Fsp3) is 0.417. The predicted molar refractivity (Wildman–Crippen MR) is 122 cm³/mol. The molecule has 3 heterocycles. The monoisotopic (exact) mass is 432 g/mol. The van der Waals surface area contributed by atoms with Gasteiger partial charge in [-0.05, 0) is 60.9 Å². The number of amides is 1. The Bertz CT molecular complexity index is 1160. The van der Waals surface area contributed by atoms with Gasteiger partial charge in [0.05, 0.1) is 35.8 Å². The van der Waals surface area contributed by atoms with E-state index >= 15 is 0 Å². The molecule has 0 radical (unpaired) electrons. The molecule has 1 aliphatic carbocycles. The Morgan fingerprint density at radius 2 is 2.16 bits per heavy atom. The molecular formula is C24H28N6O2. The third kappa shape index (κ3) is 4.37. The van der Waals surface area contributed by atoms with Gasteiger partial charge in [0, 0.05) is 24.5 Å². The summed E-state index contributed by atoms with van der Waals surface area (Å²) in [6.45, 7) is 5.03. The topological polar surface area (TPSA) is 104 Å². The zero-order chi connectivity index (χ0) is 22.7. The van der Waals surface area contributed by atoms with E-state index in [1.807, 2.05) is 28.9 Å². The second-order valence-corrected chi connectivity index (χ2v) is 8.43. The zero-order valence-electron chi connectivity index (χ0n) is 18.6. The summed E-state index contributed by atoms with van der Waals surface area (Å²) in [4.78, 5) is 16.0. The number of rotatable bonds is 7. The summed E-state index contributed by atoms with van der Waals surface area (Å²) in [5.74, 6) is 0.837. The lowest BCUT2D eigenvalue weighted by atomic mass is 9.80. The zero-order valence-corrected chi connectivity index (χ0v) is 18.6. The van der Waals surface area contributed by atoms with Crippen LogP contribution in [0.25, 0.3) is 16.9 Å². The van der Waals surface area contributed by atoms with E-state index in [0.29, 0.717) is 30.0 Å². The second kappa shape index (κ2) is 9.27. The molecule has 0 aliphatic heterocycles. The maximum absolute atomic E-state index is 11.3. The molecule has 1 saturated carbocycles. The third-order valence-electron chi connectivity index (χ3n) is 6.29. The van der Waals surface area contributed by atoms with Crippen molar-refractivity contribution in [3.8, 4) is 17.5 Å². The molecule has 1 atom stereocenters. The Morgan fingerprint density at radius 1 is 1.34 bits per heavy atom. The number of pyridine rings is 1. The first-order valence-electron chi connectivity index (χ1n) is 11.0. The first-order valence-corrected chi connectivity index (χ1v) is 11.0. The van der Waals surface area contributed by atoms with Crippen molar-refractivity contribution in [2.45, 2.75) is 45.1 Å². The van der Waals surface area contributed by atoms with Crippen molar-refractivity contribution in [2.75, 3.05) is 19.0 Å². The molecule has 3 aromatic rings. The number of carbonyl (C=O) groups excluding carboxylic acids is 1. The van der Waals surface area contributed by atoms with Crippen LogP contribution in [0, 0.1) is 17.2 Å². The summed E-state index contributed by atoms with van der Waals surface area (Å²) in [6, 6.07) is 10.3. The third-order valence-corrected chi connectivity index (χ3v) is 6.29. The molecule has 4 rings (SSSR count). The van der Waals surface area contributed by atoms with Crippen LogP contribution in [0.1, 0.15) is 50.2 Å². The highest BCUT2D eigenvalue weighted by Gasteiger charge is 2.30. The minimum atomic E-state index is -0.380. The van der Waals surface area contributed by atoms with Gasteiger partial charge >= 0.3 is 6.09 Å². The van der Waals surface area contributed by atoms with Crippen LogP contribution in [-0.2, 0) is 4.74 Å². The minimum absolute atomic E-state index is 0.359. The Kier molecular flexibility index (Phi) is 6.26. The number of methoxy groups -OCH3 is 1. The van der Waals surface area contributed by atoms with Gasteiger partial charge in [0.1, 0.15) is 6.07 Å². The molecule has 1 fully saturated rings. The number of ether oxygens (including phenoxy) is 1. The van der Waals surface area contributed by atoms with Gasteiger partial charge < -0.3 is 15.4 Å². The average molecular weight is 433 g/mol. The van der Waals surface area contributed by atoms with Gasteiger partial charge in [0.15, 0.2) is 0 Å². The molecule has 0 saturated heterocycles. The number of alkyl carbamates (subject to hydrolysis) is 1. The van der Waals surface area contributed by atoms with E-state index in [1.54, 1.807) is 6.20 Å². The molecule has 32 heavy (non-hydrogen) atoms.